The molecule has 0 radical (unpaired) electrons. The van der Waals surface area contributed by atoms with Gasteiger partial charge in [0.15, 0.2) is 0 Å². The normalized spacial score (nSPS) is 14.0. The molecular formula is C24H27ClN6O2. The molecule has 1 aromatic heterocycles. The third-order valence-electron chi connectivity index (χ3n) is 5.77. The van der Waals surface area contributed by atoms with Crippen LogP contribution >= 0.6 is 11.6 Å². The van der Waals surface area contributed by atoms with Gasteiger partial charge >= 0.3 is 0 Å². The van der Waals surface area contributed by atoms with Gasteiger partial charge in [0, 0.05) is 22.3 Å². The number of aromatic nitrogens is 3. The van der Waals surface area contributed by atoms with Gasteiger partial charge in [-0.15, -0.1) is 0 Å². The number of nitrogens with one attached hydrogen (secondary N) is 3. The van der Waals surface area contributed by atoms with Crippen LogP contribution in [0.25, 0.3) is 5.69 Å². The van der Waals surface area contributed by atoms with E-state index in [1.807, 2.05) is 19.1 Å². The molecule has 1 heterocycles. The van der Waals surface area contributed by atoms with Crippen LogP contribution in [0.5, 0.6) is 0 Å². The van der Waals surface area contributed by atoms with E-state index >= 15 is 0 Å². The summed E-state index contributed by atoms with van der Waals surface area (Å²) < 4.78 is 1.56. The maximum absolute atomic E-state index is 12.6. The van der Waals surface area contributed by atoms with Gasteiger partial charge in [-0.25, -0.2) is 9.67 Å². The fraction of sp³-hybridized carbons (Fsp3) is 0.333. The quantitative estimate of drug-likeness (QED) is 0.480. The number of hydrogen-bond acceptors (Lipinski definition) is 5. The van der Waals surface area contributed by atoms with Gasteiger partial charge in [-0.05, 0) is 61.7 Å². The minimum atomic E-state index is -0.239. The van der Waals surface area contributed by atoms with E-state index in [9.17, 15) is 9.59 Å². The lowest BCUT2D eigenvalue weighted by Gasteiger charge is -2.23. The number of carbonyl (C=O) groups is 2. The van der Waals surface area contributed by atoms with Crippen LogP contribution in [0.15, 0.2) is 49.1 Å². The highest BCUT2D eigenvalue weighted by molar-refractivity contribution is 6.31. The highest BCUT2D eigenvalue weighted by Crippen LogP contribution is 2.24. The zero-order valence-corrected chi connectivity index (χ0v) is 19.2. The molecule has 1 saturated carbocycles. The van der Waals surface area contributed by atoms with Crippen molar-refractivity contribution < 1.29 is 9.59 Å². The number of rotatable bonds is 7. The number of benzene rings is 2. The molecule has 0 aliphatic heterocycles. The van der Waals surface area contributed by atoms with Gasteiger partial charge in [0.05, 0.1) is 17.9 Å². The highest BCUT2D eigenvalue weighted by atomic mass is 35.5. The second-order valence-corrected chi connectivity index (χ2v) is 8.68. The van der Waals surface area contributed by atoms with Crippen LogP contribution < -0.4 is 16.0 Å². The Morgan fingerprint density at radius 2 is 1.91 bits per heavy atom. The predicted molar refractivity (Wildman–Crippen MR) is 129 cm³/mol. The molecule has 1 fully saturated rings. The third-order valence-corrected chi connectivity index (χ3v) is 6.00. The molecule has 0 unspecified atom stereocenters. The summed E-state index contributed by atoms with van der Waals surface area (Å²) in [5.74, 6) is -0.284. The monoisotopic (exact) mass is 466 g/mol. The van der Waals surface area contributed by atoms with E-state index in [-0.39, 0.29) is 24.4 Å². The SMILES string of the molecule is Cc1cc(C(=O)NC2CCCCC2)ccc1NCC(=O)Nc1cc(Cl)ccc1-n1cncn1. The topological polar surface area (TPSA) is 101 Å². The number of nitrogens with zero attached hydrogens (tertiary/aromatic N) is 3. The molecule has 3 N–H and O–H groups in total. The maximum Gasteiger partial charge on any atom is 0.251 e. The van der Waals surface area contributed by atoms with E-state index < -0.39 is 0 Å². The Bertz CT molecular complexity index is 1130. The minimum absolute atomic E-state index is 0.0455. The van der Waals surface area contributed by atoms with E-state index in [1.54, 1.807) is 35.3 Å². The average molecular weight is 467 g/mol. The Balaban J connectivity index is 1.36. The van der Waals surface area contributed by atoms with Crippen molar-refractivity contribution >= 4 is 34.8 Å². The average Bonchev–Trinajstić information content (AvgIpc) is 3.33. The van der Waals surface area contributed by atoms with Gasteiger partial charge in [-0.2, -0.15) is 5.10 Å². The highest BCUT2D eigenvalue weighted by Gasteiger charge is 2.17. The number of anilines is 2. The first-order valence-electron chi connectivity index (χ1n) is 11.1. The molecule has 1 aliphatic rings. The molecule has 172 valence electrons. The second-order valence-electron chi connectivity index (χ2n) is 8.24. The van der Waals surface area contributed by atoms with Gasteiger partial charge < -0.3 is 16.0 Å². The summed E-state index contributed by atoms with van der Waals surface area (Å²) in [4.78, 5) is 29.1. The lowest BCUT2D eigenvalue weighted by atomic mass is 9.95. The van der Waals surface area contributed by atoms with E-state index in [0.29, 0.717) is 22.0 Å². The Hall–Kier alpha value is -3.39. The largest absolute Gasteiger partial charge is 0.376 e. The van der Waals surface area contributed by atoms with Crippen LogP contribution in [-0.4, -0.2) is 39.2 Å². The number of aryl methyl sites for hydroxylation is 1. The first kappa shape index (κ1) is 22.8. The number of amides is 2. The van der Waals surface area contributed by atoms with Gasteiger partial charge in [0.1, 0.15) is 12.7 Å². The molecule has 0 bridgehead atoms. The van der Waals surface area contributed by atoms with Crippen molar-refractivity contribution in [2.45, 2.75) is 45.1 Å². The van der Waals surface area contributed by atoms with Crippen molar-refractivity contribution in [1.29, 1.82) is 0 Å². The minimum Gasteiger partial charge on any atom is -0.376 e. The van der Waals surface area contributed by atoms with Crippen molar-refractivity contribution in [3.63, 3.8) is 0 Å². The van der Waals surface area contributed by atoms with Crippen LogP contribution in [-0.2, 0) is 4.79 Å². The molecule has 1 aliphatic carbocycles. The summed E-state index contributed by atoms with van der Waals surface area (Å²) in [5.41, 5.74) is 3.51. The first-order chi connectivity index (χ1) is 16.0. The van der Waals surface area contributed by atoms with Gasteiger partial charge in [0.25, 0.3) is 5.91 Å². The first-order valence-corrected chi connectivity index (χ1v) is 11.5. The van der Waals surface area contributed by atoms with Crippen molar-refractivity contribution in [2.24, 2.45) is 0 Å². The van der Waals surface area contributed by atoms with Crippen LogP contribution in [0.1, 0.15) is 48.0 Å². The number of hydrogen-bond donors (Lipinski definition) is 3. The van der Waals surface area contributed by atoms with Crippen molar-refractivity contribution in [3.8, 4) is 5.69 Å². The molecule has 0 saturated heterocycles. The van der Waals surface area contributed by atoms with Crippen molar-refractivity contribution in [2.75, 3.05) is 17.2 Å². The third kappa shape index (κ3) is 5.90. The zero-order valence-electron chi connectivity index (χ0n) is 18.5. The van der Waals surface area contributed by atoms with E-state index in [1.165, 1.54) is 25.6 Å². The zero-order chi connectivity index (χ0) is 23.2. The van der Waals surface area contributed by atoms with Gasteiger partial charge in [-0.1, -0.05) is 30.9 Å². The second kappa shape index (κ2) is 10.5. The summed E-state index contributed by atoms with van der Waals surface area (Å²) in [5, 5.41) is 13.7. The van der Waals surface area contributed by atoms with E-state index in [2.05, 4.69) is 26.0 Å². The molecule has 9 heteroatoms. The summed E-state index contributed by atoms with van der Waals surface area (Å²) >= 11 is 6.11. The molecule has 2 amide bonds. The molecule has 3 aromatic rings. The lowest BCUT2D eigenvalue weighted by molar-refractivity contribution is -0.114. The predicted octanol–water partition coefficient (Wildman–Crippen LogP) is 4.34. The standard InChI is InChI=1S/C24H27ClN6O2/c1-16-11-17(24(33)29-19-5-3-2-4-6-19)7-9-20(16)27-13-23(32)30-21-12-18(25)8-10-22(21)31-15-26-14-28-31/h7-12,14-15,19,27H,2-6,13H2,1H3,(H,29,33)(H,30,32). The summed E-state index contributed by atoms with van der Waals surface area (Å²) in [6.07, 6.45) is 8.65. The lowest BCUT2D eigenvalue weighted by Crippen LogP contribution is -2.36. The summed E-state index contributed by atoms with van der Waals surface area (Å²) in [6.45, 7) is 1.97. The molecule has 2 aromatic carbocycles. The Morgan fingerprint density at radius 3 is 2.64 bits per heavy atom. The molecule has 4 rings (SSSR count). The molecule has 33 heavy (non-hydrogen) atoms. The summed E-state index contributed by atoms with van der Waals surface area (Å²) in [6, 6.07) is 10.9. The van der Waals surface area contributed by atoms with Crippen molar-refractivity contribution in [1.82, 2.24) is 20.1 Å². The summed E-state index contributed by atoms with van der Waals surface area (Å²) in [7, 11) is 0. The van der Waals surface area contributed by atoms with E-state index in [4.69, 9.17) is 11.6 Å². The smallest absolute Gasteiger partial charge is 0.251 e. The molecule has 0 atom stereocenters. The van der Waals surface area contributed by atoms with Crippen LogP contribution in [0, 0.1) is 6.92 Å². The molecule has 0 spiro atoms. The Labute approximate surface area is 197 Å². The van der Waals surface area contributed by atoms with Gasteiger partial charge in [-0.3, -0.25) is 9.59 Å². The van der Waals surface area contributed by atoms with Crippen LogP contribution in [0.4, 0.5) is 11.4 Å². The van der Waals surface area contributed by atoms with Gasteiger partial charge in [0.2, 0.25) is 5.91 Å². The molecule has 8 nitrogen and oxygen atoms in total. The van der Waals surface area contributed by atoms with Crippen LogP contribution in [0.3, 0.4) is 0 Å². The number of halogens is 1. The Kier molecular flexibility index (Phi) is 7.24. The molecular weight excluding hydrogens is 440 g/mol. The van der Waals surface area contributed by atoms with E-state index in [0.717, 1.165) is 24.1 Å². The van der Waals surface area contributed by atoms with Crippen molar-refractivity contribution in [3.05, 3.63) is 65.2 Å². The fourth-order valence-corrected chi connectivity index (χ4v) is 4.20. The number of carbonyl (C=O) groups excluding carboxylic acids is 2. The maximum atomic E-state index is 12.6. The van der Waals surface area contributed by atoms with Crippen LogP contribution in [0.2, 0.25) is 5.02 Å². The fourth-order valence-electron chi connectivity index (χ4n) is 4.03. The Morgan fingerprint density at radius 1 is 1.09 bits per heavy atom.